The number of unbranched alkanes of at least 4 members (excludes halogenated alkanes) is 17. The normalized spacial score (nSPS) is 20.0. The summed E-state index contributed by atoms with van der Waals surface area (Å²) in [4.78, 5) is 61.9. The molecule has 1 aromatic rings. The van der Waals surface area contributed by atoms with Crippen LogP contribution in [0.15, 0.2) is 65.7 Å². The highest BCUT2D eigenvalue weighted by molar-refractivity contribution is 7.61. The highest BCUT2D eigenvalue weighted by atomic mass is 31.3. The van der Waals surface area contributed by atoms with Gasteiger partial charge in [0, 0.05) is 19.0 Å². The highest BCUT2D eigenvalue weighted by Gasteiger charge is 2.46. The molecule has 7 N–H and O–H groups in total. The molecule has 2 rings (SSSR count). The van der Waals surface area contributed by atoms with E-state index in [1.54, 1.807) is 12.2 Å². The molecule has 0 amide bonds. The number of anilines is 1. The van der Waals surface area contributed by atoms with E-state index in [9.17, 15) is 48.6 Å². The fourth-order valence-corrected chi connectivity index (χ4v) is 9.54. The number of nitrogen functional groups attached to an aromatic ring is 1. The lowest BCUT2D eigenvalue weighted by Gasteiger charge is -2.21. The number of hydrogen-bond acceptors (Lipinski definition) is 16. The fourth-order valence-electron chi connectivity index (χ4n) is 7.43. The van der Waals surface area contributed by atoms with Gasteiger partial charge >= 0.3 is 33.3 Å². The molecule has 21 heteroatoms. The molecule has 1 fully saturated rings. The summed E-state index contributed by atoms with van der Waals surface area (Å²) in [6, 6.07) is 1.24. The van der Waals surface area contributed by atoms with Crippen LogP contribution in [0.25, 0.3) is 0 Å². The van der Waals surface area contributed by atoms with Gasteiger partial charge in [0.1, 0.15) is 30.7 Å². The van der Waals surface area contributed by atoms with Gasteiger partial charge in [-0.25, -0.2) is 13.9 Å². The maximum atomic E-state index is 12.9. The van der Waals surface area contributed by atoms with Crippen LogP contribution in [0.3, 0.4) is 0 Å². The maximum absolute atomic E-state index is 12.9. The van der Waals surface area contributed by atoms with Gasteiger partial charge in [-0.3, -0.25) is 23.2 Å². The first-order valence-electron chi connectivity index (χ1n) is 25.8. The van der Waals surface area contributed by atoms with Crippen LogP contribution in [0.2, 0.25) is 0 Å². The second-order valence-corrected chi connectivity index (χ2v) is 20.9. The smallest absolute Gasteiger partial charge is 0.462 e. The van der Waals surface area contributed by atoms with Gasteiger partial charge in [-0.2, -0.15) is 9.29 Å². The lowest BCUT2D eigenvalue weighted by atomic mass is 10.1. The summed E-state index contributed by atoms with van der Waals surface area (Å²) in [5.74, 6) is -1.51. The molecule has 1 aliphatic rings. The molecule has 0 bridgehead atoms. The molecule has 1 aromatic heterocycles. The Labute approximate surface area is 421 Å². The zero-order chi connectivity index (χ0) is 52.2. The number of phosphoric ester groups is 2. The number of ether oxygens (including phenoxy) is 3. The van der Waals surface area contributed by atoms with Gasteiger partial charge in [0.05, 0.1) is 19.3 Å². The van der Waals surface area contributed by atoms with E-state index >= 15 is 0 Å². The number of carbonyl (C=O) groups is 2. The Hall–Kier alpha value is -3.32. The quantitative estimate of drug-likeness (QED) is 0.0117. The summed E-state index contributed by atoms with van der Waals surface area (Å²) in [5.41, 5.74) is 4.57. The monoisotopic (exact) mass is 1050 g/mol. The largest absolute Gasteiger partial charge is 0.481 e. The van der Waals surface area contributed by atoms with Crippen LogP contribution in [-0.2, 0) is 46.3 Å². The van der Waals surface area contributed by atoms with Crippen LogP contribution in [0, 0.1) is 0 Å². The van der Waals surface area contributed by atoms with E-state index in [2.05, 4.69) is 47.4 Å². The number of nitrogens with two attached hydrogens (primary N) is 1. The third-order valence-corrected chi connectivity index (χ3v) is 14.1. The SMILES string of the molecule is CCCCCC/C=C\CCCCCCCCCC(=O)OC[C@H](COP(=O)(O)OP(=O)(O)OC[C@H]1O[C@@H](n2ccc(N)nc2=O)[C@H](O)[C@@H]1O)OC(=O)CCCC(O)/C=C/C=C/C/C=C/CCCCCCCC. The molecule has 0 aromatic carbocycles. The molecule has 0 aliphatic carbocycles. The molecule has 1 aliphatic heterocycles. The summed E-state index contributed by atoms with van der Waals surface area (Å²) in [6.45, 7) is 1.95. The van der Waals surface area contributed by atoms with Gasteiger partial charge in [-0.15, -0.1) is 0 Å². The van der Waals surface area contributed by atoms with Crippen molar-refractivity contribution in [3.8, 4) is 0 Å². The number of esters is 2. The molecule has 8 atom stereocenters. The van der Waals surface area contributed by atoms with E-state index in [-0.39, 0.29) is 31.5 Å². The minimum Gasteiger partial charge on any atom is -0.462 e. The van der Waals surface area contributed by atoms with Crippen molar-refractivity contribution >= 4 is 33.4 Å². The highest BCUT2D eigenvalue weighted by Crippen LogP contribution is 2.60. The Morgan fingerprint density at radius 2 is 1.31 bits per heavy atom. The molecular weight excluding hydrogens is 961 g/mol. The van der Waals surface area contributed by atoms with E-state index < -0.39 is 89.8 Å². The van der Waals surface area contributed by atoms with E-state index in [1.807, 2.05) is 12.2 Å². The standard InChI is InChI=1S/C50H85N3O16P2/c1-3-5-7-9-11-13-15-17-18-20-22-24-26-28-30-34-45(55)64-38-42(67-46(56)35-31-33-41(54)32-29-27-25-23-21-19-16-14-12-10-8-6-4-2)39-65-70(60,61)69-71(62,63)66-40-43-47(57)48(58)49(68-43)53-37-36-44(51)52-50(53)59/h13,15,19,21,25,27,29,32,36-37,41-43,47-49,54,57-58H,3-12,14,16-18,20,22-24,26,28,30-31,33-35,38-40H2,1-2H3,(H,60,61)(H,62,63)(H2,51,52,59)/b15-13-,21-19+,27-25+,32-29+/t41?,42-,43-,47-,48-,49-/m1/s1. The minimum atomic E-state index is -5.47. The summed E-state index contributed by atoms with van der Waals surface area (Å²) in [6.07, 6.45) is 32.1. The van der Waals surface area contributed by atoms with Gasteiger partial charge < -0.3 is 45.1 Å². The van der Waals surface area contributed by atoms with Crippen molar-refractivity contribution in [1.82, 2.24) is 9.55 Å². The van der Waals surface area contributed by atoms with Crippen molar-refractivity contribution in [2.75, 3.05) is 25.6 Å². The number of phosphoric acid groups is 2. The van der Waals surface area contributed by atoms with Gasteiger partial charge in [-0.1, -0.05) is 146 Å². The summed E-state index contributed by atoms with van der Waals surface area (Å²) in [5, 5.41) is 31.3. The molecule has 0 spiro atoms. The van der Waals surface area contributed by atoms with E-state index in [4.69, 9.17) is 29.0 Å². The van der Waals surface area contributed by atoms with Crippen LogP contribution in [0.4, 0.5) is 5.82 Å². The number of aromatic nitrogens is 2. The van der Waals surface area contributed by atoms with Crippen LogP contribution in [-0.4, -0.2) is 96.9 Å². The lowest BCUT2D eigenvalue weighted by Crippen LogP contribution is -2.36. The first-order valence-corrected chi connectivity index (χ1v) is 28.7. The van der Waals surface area contributed by atoms with Crippen molar-refractivity contribution in [2.45, 2.75) is 211 Å². The molecule has 71 heavy (non-hydrogen) atoms. The lowest BCUT2D eigenvalue weighted by molar-refractivity contribution is -0.161. The molecule has 406 valence electrons. The molecule has 19 nitrogen and oxygen atoms in total. The van der Waals surface area contributed by atoms with Gasteiger partial charge in [0.2, 0.25) is 0 Å². The van der Waals surface area contributed by atoms with Gasteiger partial charge in [0.15, 0.2) is 12.3 Å². The van der Waals surface area contributed by atoms with Crippen molar-refractivity contribution < 1.29 is 71.4 Å². The zero-order valence-electron chi connectivity index (χ0n) is 42.1. The third kappa shape index (κ3) is 31.1. The van der Waals surface area contributed by atoms with Crippen molar-refractivity contribution in [3.63, 3.8) is 0 Å². The van der Waals surface area contributed by atoms with E-state index in [1.165, 1.54) is 70.3 Å². The number of hydrogen-bond donors (Lipinski definition) is 6. The first-order chi connectivity index (χ1) is 34.1. The number of nitrogens with zero attached hydrogens (tertiary/aromatic N) is 2. The molecule has 0 saturated carbocycles. The molecular formula is C50H85N3O16P2. The van der Waals surface area contributed by atoms with Gasteiger partial charge in [0.25, 0.3) is 0 Å². The summed E-state index contributed by atoms with van der Waals surface area (Å²) in [7, 11) is -10.9. The molecule has 1 saturated heterocycles. The Kier molecular flexibility index (Phi) is 34.4. The number of carbonyl (C=O) groups excluding carboxylic acids is 2. The topological polar surface area (TPSA) is 286 Å². The average Bonchev–Trinajstić information content (AvgIpc) is 3.60. The van der Waals surface area contributed by atoms with E-state index in [0.29, 0.717) is 6.42 Å². The first kappa shape index (κ1) is 63.8. The average molecular weight is 1050 g/mol. The number of aliphatic hydroxyl groups is 3. The maximum Gasteiger partial charge on any atom is 0.481 e. The van der Waals surface area contributed by atoms with Crippen LogP contribution >= 0.6 is 15.6 Å². The predicted molar refractivity (Wildman–Crippen MR) is 272 cm³/mol. The molecule has 0 radical (unpaired) electrons. The van der Waals surface area contributed by atoms with Crippen LogP contribution in [0.1, 0.15) is 181 Å². The third-order valence-electron chi connectivity index (χ3n) is 11.5. The number of aliphatic hydroxyl groups excluding tert-OH is 3. The summed E-state index contributed by atoms with van der Waals surface area (Å²) >= 11 is 0. The predicted octanol–water partition coefficient (Wildman–Crippen LogP) is 9.53. The minimum absolute atomic E-state index is 0.0819. The van der Waals surface area contributed by atoms with Crippen LogP contribution in [0.5, 0.6) is 0 Å². The fraction of sp³-hybridized carbons (Fsp3) is 0.720. The van der Waals surface area contributed by atoms with Crippen molar-refractivity contribution in [1.29, 1.82) is 0 Å². The van der Waals surface area contributed by atoms with Crippen LogP contribution < -0.4 is 11.4 Å². The van der Waals surface area contributed by atoms with E-state index in [0.717, 1.165) is 75.0 Å². The zero-order valence-corrected chi connectivity index (χ0v) is 43.9. The molecule has 3 unspecified atom stereocenters. The Balaban J connectivity index is 1.85. The second-order valence-electron chi connectivity index (χ2n) is 17.9. The Bertz CT molecular complexity index is 1890. The summed E-state index contributed by atoms with van der Waals surface area (Å²) < 4.78 is 56.6. The van der Waals surface area contributed by atoms with Gasteiger partial charge in [-0.05, 0) is 70.3 Å². The second kappa shape index (κ2) is 38.3. The van der Waals surface area contributed by atoms with Crippen molar-refractivity contribution in [3.05, 3.63) is 71.4 Å². The Morgan fingerprint density at radius 1 is 0.746 bits per heavy atom. The number of allylic oxidation sites excluding steroid dienone is 7. The molecule has 2 heterocycles. The van der Waals surface area contributed by atoms with Crippen molar-refractivity contribution in [2.24, 2.45) is 0 Å². The Morgan fingerprint density at radius 3 is 1.94 bits per heavy atom. The number of rotatable bonds is 42.